The molecule has 0 amide bonds. The third kappa shape index (κ3) is 6.85. The van der Waals surface area contributed by atoms with Crippen LogP contribution in [0.25, 0.3) is 0 Å². The molecule has 100 valence electrons. The Labute approximate surface area is 107 Å². The van der Waals surface area contributed by atoms with Crippen LogP contribution in [0.3, 0.4) is 0 Å². The number of rotatable bonds is 9. The van der Waals surface area contributed by atoms with Gasteiger partial charge in [0, 0.05) is 12.6 Å². The molecule has 0 aromatic rings. The Morgan fingerprint density at radius 2 is 2.35 bits per heavy atom. The minimum atomic E-state index is 0.502. The fourth-order valence-corrected chi connectivity index (χ4v) is 2.47. The van der Waals surface area contributed by atoms with Gasteiger partial charge in [0.1, 0.15) is 0 Å². The number of ether oxygens (including phenoxy) is 1. The van der Waals surface area contributed by atoms with Gasteiger partial charge in [-0.05, 0) is 57.9 Å². The van der Waals surface area contributed by atoms with Gasteiger partial charge >= 0.3 is 0 Å². The standard InChI is InChI=1S/C15H29NO/c1-3-5-6-9-14(16-11-4-2)13-15-10-7-8-12-17-15/h3,14-16H,1,4-13H2,2H3. The molecule has 1 saturated heterocycles. The third-order valence-corrected chi connectivity index (χ3v) is 3.47. The van der Waals surface area contributed by atoms with E-state index >= 15 is 0 Å². The Hall–Kier alpha value is -0.340. The van der Waals surface area contributed by atoms with Crippen LogP contribution in [0, 0.1) is 0 Å². The van der Waals surface area contributed by atoms with Crippen LogP contribution in [-0.4, -0.2) is 25.3 Å². The third-order valence-electron chi connectivity index (χ3n) is 3.47. The molecule has 0 saturated carbocycles. The largest absolute Gasteiger partial charge is 0.378 e. The monoisotopic (exact) mass is 239 g/mol. The van der Waals surface area contributed by atoms with Crippen LogP contribution in [0.15, 0.2) is 12.7 Å². The summed E-state index contributed by atoms with van der Waals surface area (Å²) in [7, 11) is 0. The van der Waals surface area contributed by atoms with Crippen molar-refractivity contribution in [2.45, 2.75) is 70.4 Å². The molecule has 0 spiro atoms. The lowest BCUT2D eigenvalue weighted by Gasteiger charge is -2.27. The van der Waals surface area contributed by atoms with E-state index in [0.717, 1.165) is 19.6 Å². The summed E-state index contributed by atoms with van der Waals surface area (Å²) in [6.07, 6.45) is 12.4. The van der Waals surface area contributed by atoms with Crippen LogP contribution in [0.4, 0.5) is 0 Å². The Bertz CT molecular complexity index is 187. The summed E-state index contributed by atoms with van der Waals surface area (Å²) < 4.78 is 5.83. The van der Waals surface area contributed by atoms with Crippen molar-refractivity contribution in [1.29, 1.82) is 0 Å². The van der Waals surface area contributed by atoms with Gasteiger partial charge < -0.3 is 10.1 Å². The lowest BCUT2D eigenvalue weighted by atomic mass is 9.98. The van der Waals surface area contributed by atoms with Gasteiger partial charge in [-0.15, -0.1) is 6.58 Å². The van der Waals surface area contributed by atoms with Crippen molar-refractivity contribution in [2.75, 3.05) is 13.2 Å². The quantitative estimate of drug-likeness (QED) is 0.489. The van der Waals surface area contributed by atoms with E-state index in [9.17, 15) is 0 Å². The van der Waals surface area contributed by atoms with Gasteiger partial charge in [0.2, 0.25) is 0 Å². The van der Waals surface area contributed by atoms with E-state index in [1.807, 2.05) is 6.08 Å². The first-order chi connectivity index (χ1) is 8.36. The number of hydrogen-bond donors (Lipinski definition) is 1. The maximum absolute atomic E-state index is 5.83. The van der Waals surface area contributed by atoms with Crippen molar-refractivity contribution in [2.24, 2.45) is 0 Å². The van der Waals surface area contributed by atoms with Crippen LogP contribution in [0.2, 0.25) is 0 Å². The first kappa shape index (κ1) is 14.7. The summed E-state index contributed by atoms with van der Waals surface area (Å²) in [5.41, 5.74) is 0. The van der Waals surface area contributed by atoms with E-state index in [4.69, 9.17) is 4.74 Å². The molecule has 1 heterocycles. The van der Waals surface area contributed by atoms with Crippen molar-refractivity contribution in [3.8, 4) is 0 Å². The summed E-state index contributed by atoms with van der Waals surface area (Å²) in [6.45, 7) is 8.12. The van der Waals surface area contributed by atoms with Gasteiger partial charge in [0.15, 0.2) is 0 Å². The van der Waals surface area contributed by atoms with E-state index in [1.165, 1.54) is 44.9 Å². The normalized spacial score (nSPS) is 22.3. The highest BCUT2D eigenvalue weighted by molar-refractivity contribution is 4.76. The highest BCUT2D eigenvalue weighted by Gasteiger charge is 2.18. The Kier molecular flexibility index (Phi) is 8.37. The minimum absolute atomic E-state index is 0.502. The topological polar surface area (TPSA) is 21.3 Å². The predicted octanol–water partition coefficient (Wildman–Crippen LogP) is 3.67. The van der Waals surface area contributed by atoms with Gasteiger partial charge in [-0.2, -0.15) is 0 Å². The lowest BCUT2D eigenvalue weighted by Crippen LogP contribution is -2.35. The van der Waals surface area contributed by atoms with Crippen LogP contribution in [0.5, 0.6) is 0 Å². The second-order valence-electron chi connectivity index (χ2n) is 5.09. The number of nitrogens with one attached hydrogen (secondary N) is 1. The van der Waals surface area contributed by atoms with Gasteiger partial charge in [0.25, 0.3) is 0 Å². The average Bonchev–Trinajstić information content (AvgIpc) is 2.37. The SMILES string of the molecule is C=CCCCC(CC1CCCCO1)NCCC. The molecule has 2 atom stereocenters. The van der Waals surface area contributed by atoms with E-state index in [1.54, 1.807) is 0 Å². The highest BCUT2D eigenvalue weighted by atomic mass is 16.5. The van der Waals surface area contributed by atoms with Crippen molar-refractivity contribution >= 4 is 0 Å². The molecule has 1 aliphatic heterocycles. The van der Waals surface area contributed by atoms with Crippen molar-refractivity contribution in [3.63, 3.8) is 0 Å². The molecule has 2 heteroatoms. The highest BCUT2D eigenvalue weighted by Crippen LogP contribution is 2.19. The van der Waals surface area contributed by atoms with Crippen molar-refractivity contribution in [3.05, 3.63) is 12.7 Å². The van der Waals surface area contributed by atoms with Crippen molar-refractivity contribution < 1.29 is 4.74 Å². The molecule has 1 N–H and O–H groups in total. The van der Waals surface area contributed by atoms with Gasteiger partial charge in [-0.1, -0.05) is 13.0 Å². The molecule has 0 aliphatic carbocycles. The molecule has 17 heavy (non-hydrogen) atoms. The minimum Gasteiger partial charge on any atom is -0.378 e. The number of unbranched alkanes of at least 4 members (excludes halogenated alkanes) is 1. The zero-order chi connectivity index (χ0) is 12.3. The van der Waals surface area contributed by atoms with E-state index < -0.39 is 0 Å². The Morgan fingerprint density at radius 1 is 1.47 bits per heavy atom. The molecule has 1 rings (SSSR count). The molecule has 1 fully saturated rings. The number of hydrogen-bond acceptors (Lipinski definition) is 2. The zero-order valence-electron chi connectivity index (χ0n) is 11.4. The summed E-state index contributed by atoms with van der Waals surface area (Å²) in [5, 5.41) is 3.66. The average molecular weight is 239 g/mol. The smallest absolute Gasteiger partial charge is 0.0590 e. The molecule has 0 bridgehead atoms. The van der Waals surface area contributed by atoms with Crippen LogP contribution < -0.4 is 5.32 Å². The van der Waals surface area contributed by atoms with E-state index in [2.05, 4.69) is 18.8 Å². The Balaban J connectivity index is 2.24. The van der Waals surface area contributed by atoms with Crippen LogP contribution in [-0.2, 0) is 4.74 Å². The molecule has 0 radical (unpaired) electrons. The predicted molar refractivity (Wildman–Crippen MR) is 74.3 cm³/mol. The van der Waals surface area contributed by atoms with E-state index in [-0.39, 0.29) is 0 Å². The lowest BCUT2D eigenvalue weighted by molar-refractivity contribution is 0.00463. The summed E-state index contributed by atoms with van der Waals surface area (Å²) in [4.78, 5) is 0. The van der Waals surface area contributed by atoms with Gasteiger partial charge in [0.05, 0.1) is 6.10 Å². The fraction of sp³-hybridized carbons (Fsp3) is 0.867. The first-order valence-electron chi connectivity index (χ1n) is 7.32. The summed E-state index contributed by atoms with van der Waals surface area (Å²) in [5.74, 6) is 0. The molecule has 0 aromatic carbocycles. The Morgan fingerprint density at radius 3 is 3.00 bits per heavy atom. The van der Waals surface area contributed by atoms with Gasteiger partial charge in [-0.25, -0.2) is 0 Å². The first-order valence-corrected chi connectivity index (χ1v) is 7.32. The number of allylic oxidation sites excluding steroid dienone is 1. The van der Waals surface area contributed by atoms with Crippen LogP contribution in [0.1, 0.15) is 58.3 Å². The summed E-state index contributed by atoms with van der Waals surface area (Å²) in [6, 6.07) is 0.637. The zero-order valence-corrected chi connectivity index (χ0v) is 11.4. The second kappa shape index (κ2) is 9.67. The fourth-order valence-electron chi connectivity index (χ4n) is 2.47. The molecule has 2 nitrogen and oxygen atoms in total. The second-order valence-corrected chi connectivity index (χ2v) is 5.09. The molecular formula is C15H29NO. The van der Waals surface area contributed by atoms with Gasteiger partial charge in [-0.3, -0.25) is 0 Å². The van der Waals surface area contributed by atoms with E-state index in [0.29, 0.717) is 12.1 Å². The van der Waals surface area contributed by atoms with Crippen LogP contribution >= 0.6 is 0 Å². The molecule has 1 aliphatic rings. The maximum atomic E-state index is 5.83. The summed E-state index contributed by atoms with van der Waals surface area (Å²) >= 11 is 0. The molecular weight excluding hydrogens is 210 g/mol. The van der Waals surface area contributed by atoms with Crippen molar-refractivity contribution in [1.82, 2.24) is 5.32 Å². The molecule has 0 aromatic heterocycles. The maximum Gasteiger partial charge on any atom is 0.0590 e. The molecule has 2 unspecified atom stereocenters.